The molecule has 2 heterocycles. The van der Waals surface area contributed by atoms with Crippen LogP contribution in [0.25, 0.3) is 0 Å². The van der Waals surface area contributed by atoms with E-state index in [-0.39, 0.29) is 35.7 Å². The number of nitrogens with zero attached hydrogens (tertiary/aromatic N) is 1. The Balaban J connectivity index is 1.60. The largest absolute Gasteiger partial charge is 0.444 e. The third-order valence-corrected chi connectivity index (χ3v) is 5.13. The highest BCUT2D eigenvalue weighted by atomic mass is 19.1. The molecule has 2 aliphatic rings. The Kier molecular flexibility index (Phi) is 5.84. The lowest BCUT2D eigenvalue weighted by Gasteiger charge is -2.47. The number of amides is 1. The number of ether oxygens (including phenoxy) is 2. The zero-order chi connectivity index (χ0) is 19.6. The number of halogens is 1. The van der Waals surface area contributed by atoms with Crippen LogP contribution in [0.15, 0.2) is 24.3 Å². The van der Waals surface area contributed by atoms with Crippen LogP contribution in [0.5, 0.6) is 0 Å². The van der Waals surface area contributed by atoms with Crippen molar-refractivity contribution in [3.8, 4) is 0 Å². The van der Waals surface area contributed by atoms with Gasteiger partial charge in [0.25, 0.3) is 0 Å². The molecule has 0 saturated carbocycles. The van der Waals surface area contributed by atoms with Crippen molar-refractivity contribution in [2.45, 2.75) is 64.1 Å². The van der Waals surface area contributed by atoms with Gasteiger partial charge in [0, 0.05) is 12.3 Å². The molecule has 1 amide bonds. The third kappa shape index (κ3) is 5.06. The van der Waals surface area contributed by atoms with E-state index in [1.807, 2.05) is 26.8 Å². The molecule has 6 heteroatoms. The summed E-state index contributed by atoms with van der Waals surface area (Å²) in [6.07, 6.45) is 1.79. The minimum absolute atomic E-state index is 0.0869. The average molecular weight is 377 g/mol. The van der Waals surface area contributed by atoms with Gasteiger partial charge in [-0.2, -0.15) is 0 Å². The summed E-state index contributed by atoms with van der Waals surface area (Å²) in [5.41, 5.74) is 0.280. The van der Waals surface area contributed by atoms with Crippen molar-refractivity contribution >= 4 is 11.9 Å². The van der Waals surface area contributed by atoms with E-state index < -0.39 is 5.60 Å². The van der Waals surface area contributed by atoms with Crippen LogP contribution in [0.3, 0.4) is 0 Å². The summed E-state index contributed by atoms with van der Waals surface area (Å²) in [7, 11) is 0. The molecule has 0 radical (unpaired) electrons. The zero-order valence-electron chi connectivity index (χ0n) is 16.2. The van der Waals surface area contributed by atoms with E-state index in [9.17, 15) is 14.0 Å². The number of hydrogen-bond donors (Lipinski definition) is 0. The number of benzene rings is 1. The fraction of sp³-hybridized carbons (Fsp3) is 0.619. The predicted molar refractivity (Wildman–Crippen MR) is 98.9 cm³/mol. The van der Waals surface area contributed by atoms with Crippen molar-refractivity contribution < 1.29 is 23.5 Å². The van der Waals surface area contributed by atoms with Crippen molar-refractivity contribution in [2.75, 3.05) is 13.2 Å². The SMILES string of the molecule is CC(C)(C)OC(=O)N1C2COCC1CC(C(=O)CCc1cccc(F)c1)C2. The third-order valence-electron chi connectivity index (χ3n) is 5.13. The number of piperidine rings is 1. The van der Waals surface area contributed by atoms with E-state index in [0.29, 0.717) is 38.9 Å². The van der Waals surface area contributed by atoms with Crippen LogP contribution >= 0.6 is 0 Å². The first-order chi connectivity index (χ1) is 12.7. The van der Waals surface area contributed by atoms with Crippen LogP contribution in [-0.4, -0.2) is 47.7 Å². The van der Waals surface area contributed by atoms with Gasteiger partial charge in [0.2, 0.25) is 0 Å². The molecule has 0 aliphatic carbocycles. The molecule has 2 unspecified atom stereocenters. The standard InChI is InChI=1S/C21H28FNO4/c1-21(2,3)27-20(25)23-17-10-15(11-18(23)13-26-12-17)19(24)8-7-14-5-4-6-16(22)9-14/h4-6,9,15,17-18H,7-8,10-13H2,1-3H3. The van der Waals surface area contributed by atoms with Gasteiger partial charge in [-0.3, -0.25) is 9.69 Å². The number of morpholine rings is 1. The van der Waals surface area contributed by atoms with Crippen LogP contribution in [0.4, 0.5) is 9.18 Å². The van der Waals surface area contributed by atoms with Crippen LogP contribution in [0, 0.1) is 11.7 Å². The number of rotatable bonds is 4. The molecular formula is C21H28FNO4. The molecule has 5 nitrogen and oxygen atoms in total. The van der Waals surface area contributed by atoms with Gasteiger partial charge in [-0.05, 0) is 57.7 Å². The number of hydrogen-bond acceptors (Lipinski definition) is 4. The van der Waals surface area contributed by atoms with Gasteiger partial charge in [0.05, 0.1) is 25.3 Å². The van der Waals surface area contributed by atoms with Gasteiger partial charge in [0.15, 0.2) is 0 Å². The van der Waals surface area contributed by atoms with Crippen molar-refractivity contribution in [3.63, 3.8) is 0 Å². The van der Waals surface area contributed by atoms with E-state index in [2.05, 4.69) is 0 Å². The highest BCUT2D eigenvalue weighted by Crippen LogP contribution is 2.34. The highest BCUT2D eigenvalue weighted by molar-refractivity contribution is 5.82. The Hall–Kier alpha value is -1.95. The lowest BCUT2D eigenvalue weighted by molar-refractivity contribution is -0.132. The topological polar surface area (TPSA) is 55.8 Å². The fourth-order valence-corrected chi connectivity index (χ4v) is 3.95. The summed E-state index contributed by atoms with van der Waals surface area (Å²) in [6, 6.07) is 6.12. The van der Waals surface area contributed by atoms with Crippen LogP contribution in [0.1, 0.15) is 45.6 Å². The lowest BCUT2D eigenvalue weighted by atomic mass is 9.81. The molecule has 2 bridgehead atoms. The van der Waals surface area contributed by atoms with E-state index >= 15 is 0 Å². The first-order valence-corrected chi connectivity index (χ1v) is 9.59. The zero-order valence-corrected chi connectivity index (χ0v) is 16.2. The number of fused-ring (bicyclic) bond motifs is 2. The Morgan fingerprint density at radius 3 is 2.48 bits per heavy atom. The van der Waals surface area contributed by atoms with Gasteiger partial charge in [-0.1, -0.05) is 12.1 Å². The maximum absolute atomic E-state index is 13.3. The molecule has 0 aromatic heterocycles. The van der Waals surface area contributed by atoms with Gasteiger partial charge < -0.3 is 9.47 Å². The molecule has 0 spiro atoms. The fourth-order valence-electron chi connectivity index (χ4n) is 3.95. The number of carbonyl (C=O) groups excluding carboxylic acids is 2. The second-order valence-electron chi connectivity index (χ2n) is 8.50. The minimum atomic E-state index is -0.552. The van der Waals surface area contributed by atoms with E-state index in [4.69, 9.17) is 9.47 Å². The molecule has 3 rings (SSSR count). The molecule has 148 valence electrons. The van der Waals surface area contributed by atoms with E-state index in [0.717, 1.165) is 5.56 Å². The minimum Gasteiger partial charge on any atom is -0.444 e. The van der Waals surface area contributed by atoms with Gasteiger partial charge in [0.1, 0.15) is 17.2 Å². The van der Waals surface area contributed by atoms with Crippen LogP contribution in [0.2, 0.25) is 0 Å². The lowest BCUT2D eigenvalue weighted by Crippen LogP contribution is -2.60. The first-order valence-electron chi connectivity index (χ1n) is 9.59. The van der Waals surface area contributed by atoms with Gasteiger partial charge in [-0.15, -0.1) is 0 Å². The first kappa shape index (κ1) is 19.8. The number of carbonyl (C=O) groups is 2. The monoisotopic (exact) mass is 377 g/mol. The Bertz CT molecular complexity index is 686. The molecule has 2 aliphatic heterocycles. The van der Waals surface area contributed by atoms with Crippen molar-refractivity contribution in [3.05, 3.63) is 35.6 Å². The van der Waals surface area contributed by atoms with Crippen molar-refractivity contribution in [1.29, 1.82) is 0 Å². The van der Waals surface area contributed by atoms with E-state index in [1.165, 1.54) is 12.1 Å². The predicted octanol–water partition coefficient (Wildman–Crippen LogP) is 3.74. The van der Waals surface area contributed by atoms with Crippen molar-refractivity contribution in [1.82, 2.24) is 4.90 Å². The summed E-state index contributed by atoms with van der Waals surface area (Å²) < 4.78 is 24.4. The molecule has 27 heavy (non-hydrogen) atoms. The summed E-state index contributed by atoms with van der Waals surface area (Å²) in [4.78, 5) is 27.1. The van der Waals surface area contributed by atoms with Crippen LogP contribution in [-0.2, 0) is 20.7 Å². The Morgan fingerprint density at radius 1 is 1.22 bits per heavy atom. The van der Waals surface area contributed by atoms with Crippen molar-refractivity contribution in [2.24, 2.45) is 5.92 Å². The summed E-state index contributed by atoms with van der Waals surface area (Å²) >= 11 is 0. The Morgan fingerprint density at radius 2 is 1.89 bits per heavy atom. The summed E-state index contributed by atoms with van der Waals surface area (Å²) in [5, 5.41) is 0. The molecular weight excluding hydrogens is 349 g/mol. The molecule has 2 fully saturated rings. The Labute approximate surface area is 159 Å². The average Bonchev–Trinajstić information content (AvgIpc) is 2.57. The number of Topliss-reactive ketones (excluding diaryl/α,β-unsaturated/α-hetero) is 1. The second-order valence-corrected chi connectivity index (χ2v) is 8.50. The summed E-state index contributed by atoms with van der Waals surface area (Å²) in [6.45, 7) is 6.41. The maximum atomic E-state index is 13.3. The highest BCUT2D eigenvalue weighted by Gasteiger charge is 2.44. The maximum Gasteiger partial charge on any atom is 0.410 e. The molecule has 2 saturated heterocycles. The molecule has 1 aromatic carbocycles. The molecule has 1 aromatic rings. The molecule has 0 N–H and O–H groups in total. The van der Waals surface area contributed by atoms with E-state index in [1.54, 1.807) is 11.0 Å². The summed E-state index contributed by atoms with van der Waals surface area (Å²) in [5.74, 6) is -0.187. The smallest absolute Gasteiger partial charge is 0.410 e. The quantitative estimate of drug-likeness (QED) is 0.802. The van der Waals surface area contributed by atoms with Crippen LogP contribution < -0.4 is 0 Å². The second kappa shape index (κ2) is 7.97. The van der Waals surface area contributed by atoms with Gasteiger partial charge >= 0.3 is 6.09 Å². The normalized spacial score (nSPS) is 25.2. The number of ketones is 1. The van der Waals surface area contributed by atoms with Gasteiger partial charge in [-0.25, -0.2) is 9.18 Å². The number of aryl methyl sites for hydroxylation is 1. The molecule has 2 atom stereocenters.